The molecule has 2 heterocycles. The molecule has 17 heavy (non-hydrogen) atoms. The van der Waals surface area contributed by atoms with Crippen LogP contribution in [0, 0.1) is 5.82 Å². The molecule has 0 radical (unpaired) electrons. The van der Waals surface area contributed by atoms with E-state index in [1.54, 1.807) is 12.1 Å². The van der Waals surface area contributed by atoms with Gasteiger partial charge in [0, 0.05) is 5.56 Å². The quantitative estimate of drug-likeness (QED) is 0.666. The van der Waals surface area contributed by atoms with Gasteiger partial charge in [0.2, 0.25) is 5.95 Å². The van der Waals surface area contributed by atoms with Crippen molar-refractivity contribution in [2.24, 2.45) is 0 Å². The minimum absolute atomic E-state index is 0.115. The third-order valence-corrected chi connectivity index (χ3v) is 2.40. The van der Waals surface area contributed by atoms with Crippen LogP contribution in [0.1, 0.15) is 0 Å². The molecule has 2 aromatic heterocycles. The first-order chi connectivity index (χ1) is 8.24. The third kappa shape index (κ3) is 1.59. The van der Waals surface area contributed by atoms with E-state index in [4.69, 9.17) is 5.73 Å². The summed E-state index contributed by atoms with van der Waals surface area (Å²) in [5, 5.41) is 0. The number of rotatable bonds is 1. The van der Waals surface area contributed by atoms with E-state index in [9.17, 15) is 4.39 Å². The van der Waals surface area contributed by atoms with Gasteiger partial charge in [-0.2, -0.15) is 4.98 Å². The van der Waals surface area contributed by atoms with E-state index in [1.807, 2.05) is 0 Å². The Morgan fingerprint density at radius 2 is 2.12 bits per heavy atom. The Hall–Kier alpha value is -2.50. The second-order valence-electron chi connectivity index (χ2n) is 3.54. The van der Waals surface area contributed by atoms with Gasteiger partial charge < -0.3 is 10.7 Å². The molecule has 0 saturated heterocycles. The summed E-state index contributed by atoms with van der Waals surface area (Å²) in [6.07, 6.45) is 1.50. The SMILES string of the molecule is Nc1nc(-c2cccc(F)c2)c2[nH]cnc2n1. The molecule has 0 aliphatic heterocycles. The number of anilines is 1. The predicted molar refractivity (Wildman–Crippen MR) is 61.5 cm³/mol. The lowest BCUT2D eigenvalue weighted by Crippen LogP contribution is -1.98. The summed E-state index contributed by atoms with van der Waals surface area (Å²) < 4.78 is 13.2. The van der Waals surface area contributed by atoms with E-state index in [0.717, 1.165) is 0 Å². The number of hydrogen-bond donors (Lipinski definition) is 2. The lowest BCUT2D eigenvalue weighted by atomic mass is 10.1. The van der Waals surface area contributed by atoms with Gasteiger partial charge in [-0.3, -0.25) is 0 Å². The Morgan fingerprint density at radius 1 is 1.24 bits per heavy atom. The lowest BCUT2D eigenvalue weighted by Gasteiger charge is -2.03. The molecular formula is C11H8FN5. The summed E-state index contributed by atoms with van der Waals surface area (Å²) in [5.41, 5.74) is 7.88. The second-order valence-corrected chi connectivity index (χ2v) is 3.54. The molecule has 0 atom stereocenters. The molecule has 0 amide bonds. The Balaban J connectivity index is 2.32. The highest BCUT2D eigenvalue weighted by molar-refractivity contribution is 5.87. The molecule has 0 unspecified atom stereocenters. The van der Waals surface area contributed by atoms with Gasteiger partial charge in [-0.1, -0.05) is 12.1 Å². The largest absolute Gasteiger partial charge is 0.368 e. The minimum atomic E-state index is -0.327. The molecule has 0 fully saturated rings. The van der Waals surface area contributed by atoms with E-state index in [2.05, 4.69) is 19.9 Å². The number of nitrogens with zero attached hydrogens (tertiary/aromatic N) is 3. The first-order valence-corrected chi connectivity index (χ1v) is 4.96. The van der Waals surface area contributed by atoms with Gasteiger partial charge in [0.1, 0.15) is 17.0 Å². The van der Waals surface area contributed by atoms with Crippen LogP contribution < -0.4 is 5.73 Å². The topological polar surface area (TPSA) is 80.5 Å². The molecule has 1 aromatic carbocycles. The summed E-state index contributed by atoms with van der Waals surface area (Å²) in [7, 11) is 0. The smallest absolute Gasteiger partial charge is 0.222 e. The van der Waals surface area contributed by atoms with Crippen LogP contribution in [0.5, 0.6) is 0 Å². The number of H-pyrrole nitrogens is 1. The molecule has 0 aliphatic carbocycles. The zero-order chi connectivity index (χ0) is 11.8. The zero-order valence-corrected chi connectivity index (χ0v) is 8.68. The number of imidazole rings is 1. The molecule has 84 valence electrons. The summed E-state index contributed by atoms with van der Waals surface area (Å²) >= 11 is 0. The van der Waals surface area contributed by atoms with Crippen molar-refractivity contribution < 1.29 is 4.39 Å². The average Bonchev–Trinajstić information content (AvgIpc) is 2.75. The van der Waals surface area contributed by atoms with Gasteiger partial charge in [0.15, 0.2) is 5.65 Å². The molecule has 3 N–H and O–H groups in total. The van der Waals surface area contributed by atoms with Gasteiger partial charge in [-0.25, -0.2) is 14.4 Å². The molecule has 0 saturated carbocycles. The summed E-state index contributed by atoms with van der Waals surface area (Å²) in [4.78, 5) is 15.0. The third-order valence-electron chi connectivity index (χ3n) is 2.40. The second kappa shape index (κ2) is 3.51. The van der Waals surface area contributed by atoms with Crippen LogP contribution in [-0.4, -0.2) is 19.9 Å². The summed E-state index contributed by atoms with van der Waals surface area (Å²) in [5.74, 6) is -0.212. The van der Waals surface area contributed by atoms with Crippen molar-refractivity contribution in [2.45, 2.75) is 0 Å². The molecule has 6 heteroatoms. The summed E-state index contributed by atoms with van der Waals surface area (Å²) in [6, 6.07) is 6.14. The average molecular weight is 229 g/mol. The van der Waals surface area contributed by atoms with Crippen LogP contribution in [0.2, 0.25) is 0 Å². The lowest BCUT2D eigenvalue weighted by molar-refractivity contribution is 0.628. The maximum Gasteiger partial charge on any atom is 0.222 e. The van der Waals surface area contributed by atoms with Crippen LogP contribution in [0.25, 0.3) is 22.4 Å². The molecule has 3 rings (SSSR count). The van der Waals surface area contributed by atoms with E-state index in [0.29, 0.717) is 22.4 Å². The van der Waals surface area contributed by atoms with E-state index < -0.39 is 0 Å². The number of halogens is 1. The Labute approximate surface area is 95.5 Å². The molecular weight excluding hydrogens is 221 g/mol. The zero-order valence-electron chi connectivity index (χ0n) is 8.68. The number of fused-ring (bicyclic) bond motifs is 1. The Bertz CT molecular complexity index is 691. The number of aromatic nitrogens is 4. The van der Waals surface area contributed by atoms with Gasteiger partial charge in [-0.15, -0.1) is 0 Å². The van der Waals surface area contributed by atoms with Gasteiger partial charge >= 0.3 is 0 Å². The molecule has 3 aromatic rings. The number of nitrogens with two attached hydrogens (primary N) is 1. The van der Waals surface area contributed by atoms with Crippen molar-refractivity contribution >= 4 is 17.1 Å². The van der Waals surface area contributed by atoms with Gasteiger partial charge in [0.05, 0.1) is 6.33 Å². The fourth-order valence-electron chi connectivity index (χ4n) is 1.69. The minimum Gasteiger partial charge on any atom is -0.368 e. The first-order valence-electron chi connectivity index (χ1n) is 4.96. The number of benzene rings is 1. The number of aromatic amines is 1. The van der Waals surface area contributed by atoms with Crippen molar-refractivity contribution in [3.63, 3.8) is 0 Å². The van der Waals surface area contributed by atoms with E-state index in [-0.39, 0.29) is 11.8 Å². The maximum absolute atomic E-state index is 13.2. The number of nitrogen functional groups attached to an aromatic ring is 1. The Morgan fingerprint density at radius 3 is 2.94 bits per heavy atom. The van der Waals surface area contributed by atoms with Crippen molar-refractivity contribution in [3.05, 3.63) is 36.4 Å². The summed E-state index contributed by atoms with van der Waals surface area (Å²) in [6.45, 7) is 0. The monoisotopic (exact) mass is 229 g/mol. The molecule has 0 aliphatic rings. The number of hydrogen-bond acceptors (Lipinski definition) is 4. The molecule has 5 nitrogen and oxygen atoms in total. The van der Waals surface area contributed by atoms with Crippen LogP contribution >= 0.6 is 0 Å². The molecule has 0 bridgehead atoms. The van der Waals surface area contributed by atoms with Crippen LogP contribution in [0.4, 0.5) is 10.3 Å². The van der Waals surface area contributed by atoms with Gasteiger partial charge in [0.25, 0.3) is 0 Å². The van der Waals surface area contributed by atoms with Crippen molar-refractivity contribution in [1.82, 2.24) is 19.9 Å². The predicted octanol–water partition coefficient (Wildman–Crippen LogP) is 1.74. The molecule has 0 spiro atoms. The Kier molecular flexibility index (Phi) is 2.01. The highest BCUT2D eigenvalue weighted by Gasteiger charge is 2.10. The number of nitrogens with one attached hydrogen (secondary N) is 1. The fraction of sp³-hybridized carbons (Fsp3) is 0. The van der Waals surface area contributed by atoms with Crippen LogP contribution in [0.15, 0.2) is 30.6 Å². The van der Waals surface area contributed by atoms with E-state index in [1.165, 1.54) is 18.5 Å². The van der Waals surface area contributed by atoms with Crippen molar-refractivity contribution in [2.75, 3.05) is 5.73 Å². The van der Waals surface area contributed by atoms with Crippen LogP contribution in [-0.2, 0) is 0 Å². The fourth-order valence-corrected chi connectivity index (χ4v) is 1.69. The van der Waals surface area contributed by atoms with Gasteiger partial charge in [-0.05, 0) is 12.1 Å². The first kappa shape index (κ1) is 9.71. The normalized spacial score (nSPS) is 10.9. The maximum atomic E-state index is 13.2. The highest BCUT2D eigenvalue weighted by Crippen LogP contribution is 2.24. The standard InChI is InChI=1S/C11H8FN5/c12-7-3-1-2-6(4-7)8-9-10(15-5-14-9)17-11(13)16-8/h1-5H,(H3,13,14,15,16,17). The van der Waals surface area contributed by atoms with Crippen molar-refractivity contribution in [3.8, 4) is 11.3 Å². The van der Waals surface area contributed by atoms with Crippen molar-refractivity contribution in [1.29, 1.82) is 0 Å². The van der Waals surface area contributed by atoms with Crippen LogP contribution in [0.3, 0.4) is 0 Å². The van der Waals surface area contributed by atoms with E-state index >= 15 is 0 Å². The highest BCUT2D eigenvalue weighted by atomic mass is 19.1.